The van der Waals surface area contributed by atoms with E-state index in [1.165, 1.54) is 7.05 Å². The first-order valence-corrected chi connectivity index (χ1v) is 4.18. The molecule has 0 aliphatic carbocycles. The molecule has 0 aliphatic heterocycles. The van der Waals surface area contributed by atoms with E-state index in [0.717, 1.165) is 4.90 Å². The van der Waals surface area contributed by atoms with Crippen LogP contribution < -0.4 is 11.5 Å². The number of nitrogens with two attached hydrogens (primary N) is 2. The maximum Gasteiger partial charge on any atom is 0.406 e. The lowest BCUT2D eigenvalue weighted by Gasteiger charge is -2.19. The molecular formula is C7H14F3N5. The quantitative estimate of drug-likeness (QED) is 0.517. The summed E-state index contributed by atoms with van der Waals surface area (Å²) in [6, 6.07) is 0. The predicted molar refractivity (Wildman–Crippen MR) is 52.5 cm³/mol. The number of aliphatic imine (C=N–C) groups is 2. The average Bonchev–Trinajstić information content (AvgIpc) is 1.99. The van der Waals surface area contributed by atoms with Gasteiger partial charge < -0.3 is 16.4 Å². The van der Waals surface area contributed by atoms with E-state index >= 15 is 0 Å². The van der Waals surface area contributed by atoms with Gasteiger partial charge in [-0.2, -0.15) is 18.2 Å². The van der Waals surface area contributed by atoms with Crippen LogP contribution in [0.5, 0.6) is 0 Å². The van der Waals surface area contributed by atoms with E-state index in [1.54, 1.807) is 6.92 Å². The highest BCUT2D eigenvalue weighted by Crippen LogP contribution is 2.15. The molecule has 0 heterocycles. The molecule has 4 N–H and O–H groups in total. The second-order valence-electron chi connectivity index (χ2n) is 2.78. The van der Waals surface area contributed by atoms with Crippen LogP contribution in [0.3, 0.4) is 0 Å². The molecule has 15 heavy (non-hydrogen) atoms. The highest BCUT2D eigenvalue weighted by atomic mass is 19.4. The van der Waals surface area contributed by atoms with E-state index in [0.29, 0.717) is 6.54 Å². The molecule has 0 aliphatic rings. The molecule has 0 fully saturated rings. The van der Waals surface area contributed by atoms with Gasteiger partial charge in [0, 0.05) is 13.6 Å². The molecule has 0 aromatic rings. The molecule has 0 amide bonds. The zero-order chi connectivity index (χ0) is 12.1. The minimum Gasteiger partial charge on any atom is -0.370 e. The van der Waals surface area contributed by atoms with Gasteiger partial charge in [0.2, 0.25) is 5.96 Å². The summed E-state index contributed by atoms with van der Waals surface area (Å²) >= 11 is 0. The molecule has 88 valence electrons. The Morgan fingerprint density at radius 1 is 1.33 bits per heavy atom. The van der Waals surface area contributed by atoms with Crippen LogP contribution in [0.15, 0.2) is 9.98 Å². The molecule has 0 aromatic heterocycles. The fourth-order valence-corrected chi connectivity index (χ4v) is 0.838. The zero-order valence-corrected chi connectivity index (χ0v) is 8.54. The lowest BCUT2D eigenvalue weighted by molar-refractivity contribution is -0.135. The maximum atomic E-state index is 12.0. The number of nitrogens with zero attached hydrogens (tertiary/aromatic N) is 3. The Kier molecular flexibility index (Phi) is 4.89. The predicted octanol–water partition coefficient (Wildman–Crippen LogP) is 0.130. The molecular weight excluding hydrogens is 211 g/mol. The molecule has 5 nitrogen and oxygen atoms in total. The standard InChI is InChI=1S/C7H14F3N5/c1-3-13-6(14-5(11)12)15(2)4-7(8,9)10/h3-4H2,1-2H3,(H4,11,12,13,14). The van der Waals surface area contributed by atoms with Crippen LogP contribution in [0, 0.1) is 0 Å². The van der Waals surface area contributed by atoms with Crippen molar-refractivity contribution in [3.05, 3.63) is 0 Å². The van der Waals surface area contributed by atoms with Crippen molar-refractivity contribution in [2.75, 3.05) is 20.1 Å². The van der Waals surface area contributed by atoms with Crippen molar-refractivity contribution in [3.8, 4) is 0 Å². The Morgan fingerprint density at radius 2 is 1.87 bits per heavy atom. The summed E-state index contributed by atoms with van der Waals surface area (Å²) in [6.07, 6.45) is -4.32. The summed E-state index contributed by atoms with van der Waals surface area (Å²) in [6.45, 7) is 0.820. The van der Waals surface area contributed by atoms with Gasteiger partial charge in [0.15, 0.2) is 5.96 Å². The second-order valence-corrected chi connectivity index (χ2v) is 2.78. The minimum absolute atomic E-state index is 0.130. The normalized spacial score (nSPS) is 12.5. The fourth-order valence-electron chi connectivity index (χ4n) is 0.838. The number of hydrogen-bond acceptors (Lipinski definition) is 1. The number of hydrogen-bond donors (Lipinski definition) is 2. The SMILES string of the molecule is CCN=C(N=C(N)N)N(C)CC(F)(F)F. The van der Waals surface area contributed by atoms with E-state index in [-0.39, 0.29) is 11.9 Å². The van der Waals surface area contributed by atoms with Gasteiger partial charge >= 0.3 is 6.18 Å². The topological polar surface area (TPSA) is 80.0 Å². The number of halogens is 3. The molecule has 0 atom stereocenters. The van der Waals surface area contributed by atoms with Gasteiger partial charge in [-0.05, 0) is 6.92 Å². The van der Waals surface area contributed by atoms with Crippen molar-refractivity contribution in [2.24, 2.45) is 21.5 Å². The van der Waals surface area contributed by atoms with Crippen molar-refractivity contribution in [1.82, 2.24) is 4.90 Å². The first-order valence-electron chi connectivity index (χ1n) is 4.18. The van der Waals surface area contributed by atoms with Crippen molar-refractivity contribution < 1.29 is 13.2 Å². The van der Waals surface area contributed by atoms with Gasteiger partial charge in [-0.15, -0.1) is 0 Å². The highest BCUT2D eigenvalue weighted by Gasteiger charge is 2.30. The van der Waals surface area contributed by atoms with Crippen molar-refractivity contribution >= 4 is 11.9 Å². The minimum atomic E-state index is -4.32. The highest BCUT2D eigenvalue weighted by molar-refractivity contribution is 5.93. The third kappa shape index (κ3) is 6.58. The molecule has 8 heteroatoms. The lowest BCUT2D eigenvalue weighted by atomic mass is 10.5. The second kappa shape index (κ2) is 5.42. The van der Waals surface area contributed by atoms with Crippen LogP contribution in [0.1, 0.15) is 6.92 Å². The molecule has 0 saturated heterocycles. The summed E-state index contributed by atoms with van der Waals surface area (Å²) in [5.74, 6) is -0.453. The van der Waals surface area contributed by atoms with Gasteiger partial charge in [-0.3, -0.25) is 4.99 Å². The van der Waals surface area contributed by atoms with Gasteiger partial charge in [-0.25, -0.2) is 0 Å². The Bertz CT molecular complexity index is 254. The largest absolute Gasteiger partial charge is 0.406 e. The van der Waals surface area contributed by atoms with Gasteiger partial charge in [0.1, 0.15) is 6.54 Å². The summed E-state index contributed by atoms with van der Waals surface area (Å²) in [4.78, 5) is 8.08. The lowest BCUT2D eigenvalue weighted by Crippen LogP contribution is -2.37. The van der Waals surface area contributed by atoms with Gasteiger partial charge in [0.05, 0.1) is 0 Å². The van der Waals surface area contributed by atoms with Gasteiger partial charge in [-0.1, -0.05) is 0 Å². The molecule has 0 unspecified atom stereocenters. The monoisotopic (exact) mass is 225 g/mol. The summed E-state index contributed by atoms with van der Waals surface area (Å²) in [5, 5.41) is 0. The van der Waals surface area contributed by atoms with Crippen LogP contribution in [0.4, 0.5) is 13.2 Å². The van der Waals surface area contributed by atoms with E-state index < -0.39 is 12.7 Å². The third-order valence-electron chi connectivity index (χ3n) is 1.29. The van der Waals surface area contributed by atoms with Crippen LogP contribution in [0.25, 0.3) is 0 Å². The molecule has 0 saturated carbocycles. The van der Waals surface area contributed by atoms with E-state index in [1.807, 2.05) is 0 Å². The number of rotatable bonds is 2. The van der Waals surface area contributed by atoms with Crippen LogP contribution >= 0.6 is 0 Å². The molecule has 0 bridgehead atoms. The van der Waals surface area contributed by atoms with Crippen molar-refractivity contribution in [2.45, 2.75) is 13.1 Å². The van der Waals surface area contributed by atoms with Crippen molar-refractivity contribution in [1.29, 1.82) is 0 Å². The van der Waals surface area contributed by atoms with E-state index in [2.05, 4.69) is 9.98 Å². The van der Waals surface area contributed by atoms with E-state index in [4.69, 9.17) is 11.5 Å². The number of guanidine groups is 2. The fraction of sp³-hybridized carbons (Fsp3) is 0.714. The smallest absolute Gasteiger partial charge is 0.370 e. The Labute approximate surface area is 85.7 Å². The average molecular weight is 225 g/mol. The molecule has 0 radical (unpaired) electrons. The summed E-state index contributed by atoms with van der Waals surface area (Å²) in [5.41, 5.74) is 10.1. The Morgan fingerprint density at radius 3 is 2.20 bits per heavy atom. The van der Waals surface area contributed by atoms with E-state index in [9.17, 15) is 13.2 Å². The van der Waals surface area contributed by atoms with Crippen LogP contribution in [-0.2, 0) is 0 Å². The zero-order valence-electron chi connectivity index (χ0n) is 8.54. The third-order valence-corrected chi connectivity index (χ3v) is 1.29. The molecule has 0 rings (SSSR count). The first kappa shape index (κ1) is 13.5. The van der Waals surface area contributed by atoms with Crippen molar-refractivity contribution in [3.63, 3.8) is 0 Å². The number of alkyl halides is 3. The Balaban J connectivity index is 4.65. The maximum absolute atomic E-state index is 12.0. The Hall–Kier alpha value is -1.47. The summed E-state index contributed by atoms with van der Waals surface area (Å²) in [7, 11) is 1.22. The van der Waals surface area contributed by atoms with Crippen LogP contribution in [0.2, 0.25) is 0 Å². The van der Waals surface area contributed by atoms with Crippen LogP contribution in [-0.4, -0.2) is 43.1 Å². The van der Waals surface area contributed by atoms with Gasteiger partial charge in [0.25, 0.3) is 0 Å². The molecule has 0 spiro atoms. The summed E-state index contributed by atoms with van der Waals surface area (Å²) < 4.78 is 36.1. The first-order chi connectivity index (χ1) is 6.76. The molecule has 0 aromatic carbocycles.